The van der Waals surface area contributed by atoms with Crippen molar-refractivity contribution in [3.05, 3.63) is 36.1 Å². The molecule has 15 heavy (non-hydrogen) atoms. The Morgan fingerprint density at radius 3 is 2.33 bits per heavy atom. The molecule has 0 aromatic rings. The summed E-state index contributed by atoms with van der Waals surface area (Å²) >= 11 is 0. The quantitative estimate of drug-likeness (QED) is 0.276. The fourth-order valence-electron chi connectivity index (χ4n) is 0.964. The smallest absolute Gasteiger partial charge is 0.241 e. The highest BCUT2D eigenvalue weighted by Gasteiger charge is 2.12. The van der Waals surface area contributed by atoms with Gasteiger partial charge in [0.25, 0.3) is 0 Å². The van der Waals surface area contributed by atoms with E-state index in [9.17, 15) is 0 Å². The highest BCUT2D eigenvalue weighted by Crippen LogP contribution is 2.08. The zero-order chi connectivity index (χ0) is 11.9. The van der Waals surface area contributed by atoms with E-state index in [1.165, 1.54) is 5.57 Å². The molecular formula is C13H24OSi. The van der Waals surface area contributed by atoms with Crippen molar-refractivity contribution in [3.63, 3.8) is 0 Å². The first-order valence-electron chi connectivity index (χ1n) is 5.47. The number of allylic oxidation sites excluding steroid dienone is 4. The predicted octanol–water partition coefficient (Wildman–Crippen LogP) is 4.65. The van der Waals surface area contributed by atoms with Crippen molar-refractivity contribution in [1.82, 2.24) is 0 Å². The third-order valence-corrected chi connectivity index (χ3v) is 2.59. The lowest BCUT2D eigenvalue weighted by atomic mass is 10.1. The topological polar surface area (TPSA) is 9.23 Å². The van der Waals surface area contributed by atoms with Crippen LogP contribution in [-0.4, -0.2) is 8.32 Å². The summed E-state index contributed by atoms with van der Waals surface area (Å²) in [4.78, 5) is 0. The average molecular weight is 224 g/mol. The molecule has 0 bridgehead atoms. The van der Waals surface area contributed by atoms with Crippen LogP contribution in [0.1, 0.15) is 26.7 Å². The van der Waals surface area contributed by atoms with E-state index in [0.717, 1.165) is 18.4 Å². The minimum atomic E-state index is -1.41. The molecule has 0 fully saturated rings. The van der Waals surface area contributed by atoms with Crippen molar-refractivity contribution in [1.29, 1.82) is 0 Å². The lowest BCUT2D eigenvalue weighted by molar-refractivity contribution is 0.479. The second-order valence-corrected chi connectivity index (χ2v) is 9.47. The first kappa shape index (κ1) is 14.2. The van der Waals surface area contributed by atoms with Crippen LogP contribution in [0.4, 0.5) is 0 Å². The molecule has 0 amide bonds. The van der Waals surface area contributed by atoms with Crippen LogP contribution in [0, 0.1) is 0 Å². The van der Waals surface area contributed by atoms with Gasteiger partial charge in [-0.05, 0) is 52.4 Å². The molecule has 0 N–H and O–H groups in total. The van der Waals surface area contributed by atoms with E-state index in [2.05, 4.69) is 46.1 Å². The fraction of sp³-hybridized carbons (Fsp3) is 0.538. The third kappa shape index (κ3) is 11.2. The molecule has 0 saturated carbocycles. The van der Waals surface area contributed by atoms with E-state index >= 15 is 0 Å². The van der Waals surface area contributed by atoms with E-state index in [4.69, 9.17) is 4.43 Å². The van der Waals surface area contributed by atoms with Crippen molar-refractivity contribution in [3.8, 4) is 0 Å². The van der Waals surface area contributed by atoms with Gasteiger partial charge in [-0.25, -0.2) is 0 Å². The van der Waals surface area contributed by atoms with Gasteiger partial charge in [-0.3, -0.25) is 0 Å². The summed E-state index contributed by atoms with van der Waals surface area (Å²) in [5.41, 5.74) is 2.50. The maximum atomic E-state index is 5.61. The van der Waals surface area contributed by atoms with Crippen molar-refractivity contribution >= 4 is 8.32 Å². The SMILES string of the molecule is C=C(/C=C\O[Si](C)(C)C)CCC=C(C)C. The van der Waals surface area contributed by atoms with Gasteiger partial charge in [0, 0.05) is 0 Å². The molecule has 0 aromatic carbocycles. The highest BCUT2D eigenvalue weighted by molar-refractivity contribution is 6.69. The maximum absolute atomic E-state index is 5.61. The molecule has 0 aliphatic heterocycles. The standard InChI is InChI=1S/C13H24OSi/c1-12(2)8-7-9-13(3)10-11-14-15(4,5)6/h8,10-11H,3,7,9H2,1-2,4-6H3/b11-10-. The average Bonchev–Trinajstić information content (AvgIpc) is 2.00. The Balaban J connectivity index is 3.80. The summed E-state index contributed by atoms with van der Waals surface area (Å²) in [6.07, 6.45) is 8.10. The maximum Gasteiger partial charge on any atom is 0.241 e. The molecule has 0 heterocycles. The third-order valence-electron chi connectivity index (χ3n) is 1.74. The molecule has 86 valence electrons. The first-order valence-corrected chi connectivity index (χ1v) is 8.87. The summed E-state index contributed by atoms with van der Waals surface area (Å²) in [5.74, 6) is 0. The second kappa shape index (κ2) is 6.67. The van der Waals surface area contributed by atoms with Gasteiger partial charge in [0.2, 0.25) is 8.32 Å². The number of hydrogen-bond donors (Lipinski definition) is 0. The predicted molar refractivity (Wildman–Crippen MR) is 71.4 cm³/mol. The van der Waals surface area contributed by atoms with Gasteiger partial charge in [0.15, 0.2) is 0 Å². The number of hydrogen-bond acceptors (Lipinski definition) is 1. The van der Waals surface area contributed by atoms with Gasteiger partial charge < -0.3 is 4.43 Å². The van der Waals surface area contributed by atoms with Crippen molar-refractivity contribution < 1.29 is 4.43 Å². The van der Waals surface area contributed by atoms with E-state index < -0.39 is 8.32 Å². The van der Waals surface area contributed by atoms with Crippen molar-refractivity contribution in [2.75, 3.05) is 0 Å². The zero-order valence-corrected chi connectivity index (χ0v) is 11.8. The van der Waals surface area contributed by atoms with Gasteiger partial charge in [0.1, 0.15) is 0 Å². The molecule has 0 aliphatic carbocycles. The van der Waals surface area contributed by atoms with E-state index in [0.29, 0.717) is 0 Å². The van der Waals surface area contributed by atoms with Crippen LogP contribution in [0.15, 0.2) is 36.1 Å². The van der Waals surface area contributed by atoms with Gasteiger partial charge >= 0.3 is 0 Å². The molecule has 1 nitrogen and oxygen atoms in total. The zero-order valence-electron chi connectivity index (χ0n) is 10.8. The van der Waals surface area contributed by atoms with Crippen LogP contribution < -0.4 is 0 Å². The molecule has 0 atom stereocenters. The monoisotopic (exact) mass is 224 g/mol. The van der Waals surface area contributed by atoms with Gasteiger partial charge in [-0.2, -0.15) is 0 Å². The Kier molecular flexibility index (Phi) is 6.33. The Morgan fingerprint density at radius 2 is 1.87 bits per heavy atom. The van der Waals surface area contributed by atoms with Crippen molar-refractivity contribution in [2.24, 2.45) is 0 Å². The molecule has 0 spiro atoms. The molecule has 0 unspecified atom stereocenters. The van der Waals surface area contributed by atoms with Crippen LogP contribution in [0.25, 0.3) is 0 Å². The molecule has 0 rings (SSSR count). The van der Waals surface area contributed by atoms with Crippen LogP contribution in [0.3, 0.4) is 0 Å². The summed E-state index contributed by atoms with van der Waals surface area (Å²) in [6, 6.07) is 0. The Labute approximate surface area is 95.7 Å². The number of rotatable bonds is 6. The van der Waals surface area contributed by atoms with E-state index in [-0.39, 0.29) is 0 Å². The molecular weight excluding hydrogens is 200 g/mol. The molecule has 0 saturated heterocycles. The second-order valence-electron chi connectivity index (χ2n) is 5.01. The van der Waals surface area contributed by atoms with E-state index in [1.807, 2.05) is 6.08 Å². The summed E-state index contributed by atoms with van der Waals surface area (Å²) < 4.78 is 5.61. The van der Waals surface area contributed by atoms with E-state index in [1.54, 1.807) is 6.26 Å². The van der Waals surface area contributed by atoms with Crippen LogP contribution in [0.2, 0.25) is 19.6 Å². The van der Waals surface area contributed by atoms with Crippen LogP contribution in [0.5, 0.6) is 0 Å². The summed E-state index contributed by atoms with van der Waals surface area (Å²) in [7, 11) is -1.41. The Hall–Kier alpha value is -0.763. The Morgan fingerprint density at radius 1 is 1.27 bits per heavy atom. The minimum Gasteiger partial charge on any atom is -0.550 e. The van der Waals surface area contributed by atoms with Crippen molar-refractivity contribution in [2.45, 2.75) is 46.3 Å². The summed E-state index contributed by atoms with van der Waals surface area (Å²) in [5, 5.41) is 0. The highest BCUT2D eigenvalue weighted by atomic mass is 28.4. The molecule has 0 radical (unpaired) electrons. The largest absolute Gasteiger partial charge is 0.550 e. The van der Waals surface area contributed by atoms with Gasteiger partial charge in [-0.1, -0.05) is 23.8 Å². The fourth-order valence-corrected chi connectivity index (χ4v) is 1.44. The normalized spacial score (nSPS) is 11.5. The summed E-state index contributed by atoms with van der Waals surface area (Å²) in [6.45, 7) is 14.7. The van der Waals surface area contributed by atoms with Crippen LogP contribution in [-0.2, 0) is 4.43 Å². The van der Waals surface area contributed by atoms with Gasteiger partial charge in [-0.15, -0.1) is 0 Å². The minimum absolute atomic E-state index is 1.01. The Bertz CT molecular complexity index is 252. The lowest BCUT2D eigenvalue weighted by Gasteiger charge is -2.14. The van der Waals surface area contributed by atoms with Crippen LogP contribution >= 0.6 is 0 Å². The van der Waals surface area contributed by atoms with Gasteiger partial charge in [0.05, 0.1) is 6.26 Å². The first-order chi connectivity index (χ1) is 6.81. The molecule has 0 aromatic heterocycles. The lowest BCUT2D eigenvalue weighted by Crippen LogP contribution is -2.21. The molecule has 2 heteroatoms. The molecule has 0 aliphatic rings.